The summed E-state index contributed by atoms with van der Waals surface area (Å²) in [4.78, 5) is 16.2. The minimum Gasteiger partial charge on any atom is -0.370 e. The lowest BCUT2D eigenvalue weighted by Crippen LogP contribution is -2.39. The molecule has 2 aliphatic heterocycles. The highest BCUT2D eigenvalue weighted by Crippen LogP contribution is 2.33. The van der Waals surface area contributed by atoms with Gasteiger partial charge in [-0.2, -0.15) is 0 Å². The van der Waals surface area contributed by atoms with Crippen LogP contribution in [0.4, 0.5) is 11.4 Å². The number of anilines is 2. The normalized spacial score (nSPS) is 20.4. The Labute approximate surface area is 120 Å². The standard InChI is InChI=1S/C16H23N3O/c17-16(20)13-7-11-19(12-8-13)15-6-2-1-5-14(15)18-9-3-4-10-18/h1-2,5-6,13H,3-4,7-12H2,(H2,17,20). The van der Waals surface area contributed by atoms with Crippen LogP contribution in [0.2, 0.25) is 0 Å². The van der Waals surface area contributed by atoms with Crippen molar-refractivity contribution in [2.24, 2.45) is 11.7 Å². The Morgan fingerprint density at radius 2 is 1.45 bits per heavy atom. The average Bonchev–Trinajstić information content (AvgIpc) is 3.01. The highest BCUT2D eigenvalue weighted by molar-refractivity contribution is 5.77. The summed E-state index contributed by atoms with van der Waals surface area (Å²) in [6, 6.07) is 8.65. The second-order valence-corrected chi connectivity index (χ2v) is 5.85. The van der Waals surface area contributed by atoms with E-state index in [0.29, 0.717) is 0 Å². The minimum atomic E-state index is -0.141. The van der Waals surface area contributed by atoms with E-state index in [1.807, 2.05) is 0 Å². The summed E-state index contributed by atoms with van der Waals surface area (Å²) in [7, 11) is 0. The minimum absolute atomic E-state index is 0.0604. The Morgan fingerprint density at radius 1 is 0.950 bits per heavy atom. The zero-order valence-electron chi connectivity index (χ0n) is 11.9. The smallest absolute Gasteiger partial charge is 0.220 e. The van der Waals surface area contributed by atoms with Crippen LogP contribution >= 0.6 is 0 Å². The molecule has 108 valence electrons. The molecule has 1 amide bonds. The van der Waals surface area contributed by atoms with Crippen LogP contribution in [0.15, 0.2) is 24.3 Å². The molecular formula is C16H23N3O. The van der Waals surface area contributed by atoms with E-state index in [9.17, 15) is 4.79 Å². The van der Waals surface area contributed by atoms with E-state index < -0.39 is 0 Å². The highest BCUT2D eigenvalue weighted by atomic mass is 16.1. The van der Waals surface area contributed by atoms with Crippen LogP contribution in [-0.2, 0) is 4.79 Å². The molecule has 0 saturated carbocycles. The van der Waals surface area contributed by atoms with Crippen molar-refractivity contribution in [3.05, 3.63) is 24.3 Å². The number of nitrogens with two attached hydrogens (primary N) is 1. The number of nitrogens with zero attached hydrogens (tertiary/aromatic N) is 2. The van der Waals surface area contributed by atoms with Crippen LogP contribution in [0.3, 0.4) is 0 Å². The number of carbonyl (C=O) groups is 1. The summed E-state index contributed by atoms with van der Waals surface area (Å²) in [5.41, 5.74) is 8.08. The number of amides is 1. The average molecular weight is 273 g/mol. The Morgan fingerprint density at radius 3 is 1.95 bits per heavy atom. The molecule has 0 aliphatic carbocycles. The van der Waals surface area contributed by atoms with Crippen LogP contribution in [0.5, 0.6) is 0 Å². The van der Waals surface area contributed by atoms with Gasteiger partial charge in [0.15, 0.2) is 0 Å². The zero-order chi connectivity index (χ0) is 13.9. The van der Waals surface area contributed by atoms with Gasteiger partial charge in [0.1, 0.15) is 0 Å². The third-order valence-corrected chi connectivity index (χ3v) is 4.57. The van der Waals surface area contributed by atoms with E-state index in [2.05, 4.69) is 34.1 Å². The van der Waals surface area contributed by atoms with Gasteiger partial charge in [-0.05, 0) is 37.8 Å². The molecule has 3 rings (SSSR count). The van der Waals surface area contributed by atoms with Crippen molar-refractivity contribution in [1.82, 2.24) is 0 Å². The molecule has 0 atom stereocenters. The SMILES string of the molecule is NC(=O)C1CCN(c2ccccc2N2CCCC2)CC1. The Bertz CT molecular complexity index is 474. The second-order valence-electron chi connectivity index (χ2n) is 5.85. The van der Waals surface area contributed by atoms with E-state index in [1.54, 1.807) is 0 Å². The van der Waals surface area contributed by atoms with E-state index in [4.69, 9.17) is 5.73 Å². The third-order valence-electron chi connectivity index (χ3n) is 4.57. The zero-order valence-corrected chi connectivity index (χ0v) is 11.9. The van der Waals surface area contributed by atoms with Crippen molar-refractivity contribution in [2.75, 3.05) is 36.0 Å². The molecule has 0 radical (unpaired) electrons. The van der Waals surface area contributed by atoms with Crippen LogP contribution in [0.1, 0.15) is 25.7 Å². The fourth-order valence-corrected chi connectivity index (χ4v) is 3.36. The Kier molecular flexibility index (Phi) is 3.81. The Balaban J connectivity index is 1.76. The maximum Gasteiger partial charge on any atom is 0.220 e. The van der Waals surface area contributed by atoms with Gasteiger partial charge < -0.3 is 15.5 Å². The molecule has 1 aromatic carbocycles. The van der Waals surface area contributed by atoms with Crippen LogP contribution in [-0.4, -0.2) is 32.1 Å². The first-order chi connectivity index (χ1) is 9.75. The molecule has 4 nitrogen and oxygen atoms in total. The van der Waals surface area contributed by atoms with Gasteiger partial charge in [0.25, 0.3) is 0 Å². The van der Waals surface area contributed by atoms with Gasteiger partial charge in [-0.15, -0.1) is 0 Å². The summed E-state index contributed by atoms with van der Waals surface area (Å²) in [5.74, 6) is -0.0809. The summed E-state index contributed by atoms with van der Waals surface area (Å²) in [6.45, 7) is 4.18. The fraction of sp³-hybridized carbons (Fsp3) is 0.562. The predicted octanol–water partition coefficient (Wildman–Crippen LogP) is 1.99. The topological polar surface area (TPSA) is 49.6 Å². The number of benzene rings is 1. The first-order valence-corrected chi connectivity index (χ1v) is 7.64. The Hall–Kier alpha value is -1.71. The van der Waals surface area contributed by atoms with E-state index in [0.717, 1.165) is 39.0 Å². The molecule has 2 aliphatic rings. The lowest BCUT2D eigenvalue weighted by atomic mass is 9.96. The highest BCUT2D eigenvalue weighted by Gasteiger charge is 2.25. The molecular weight excluding hydrogens is 250 g/mol. The van der Waals surface area contributed by atoms with Crippen molar-refractivity contribution in [3.63, 3.8) is 0 Å². The first kappa shape index (κ1) is 13.3. The lowest BCUT2D eigenvalue weighted by molar-refractivity contribution is -0.122. The van der Waals surface area contributed by atoms with Gasteiger partial charge in [0, 0.05) is 32.1 Å². The molecule has 2 N–H and O–H groups in total. The molecule has 0 unspecified atom stereocenters. The number of para-hydroxylation sites is 2. The van der Waals surface area contributed by atoms with E-state index in [1.165, 1.54) is 24.2 Å². The quantitative estimate of drug-likeness (QED) is 0.916. The van der Waals surface area contributed by atoms with Crippen molar-refractivity contribution in [1.29, 1.82) is 0 Å². The predicted molar refractivity (Wildman–Crippen MR) is 82.0 cm³/mol. The largest absolute Gasteiger partial charge is 0.370 e. The molecule has 4 heteroatoms. The van der Waals surface area contributed by atoms with Crippen molar-refractivity contribution < 1.29 is 4.79 Å². The first-order valence-electron chi connectivity index (χ1n) is 7.64. The maximum absolute atomic E-state index is 11.3. The van der Waals surface area contributed by atoms with Crippen LogP contribution in [0.25, 0.3) is 0 Å². The lowest BCUT2D eigenvalue weighted by Gasteiger charge is -2.35. The number of hydrogen-bond donors (Lipinski definition) is 1. The van der Waals surface area contributed by atoms with Crippen molar-refractivity contribution in [3.8, 4) is 0 Å². The van der Waals surface area contributed by atoms with Gasteiger partial charge in [0.05, 0.1) is 11.4 Å². The van der Waals surface area contributed by atoms with Gasteiger partial charge in [0.2, 0.25) is 5.91 Å². The van der Waals surface area contributed by atoms with Crippen LogP contribution < -0.4 is 15.5 Å². The molecule has 2 heterocycles. The number of rotatable bonds is 3. The van der Waals surface area contributed by atoms with Gasteiger partial charge >= 0.3 is 0 Å². The number of carbonyl (C=O) groups excluding carboxylic acids is 1. The molecule has 0 aromatic heterocycles. The van der Waals surface area contributed by atoms with Crippen molar-refractivity contribution >= 4 is 17.3 Å². The van der Waals surface area contributed by atoms with Gasteiger partial charge in [-0.3, -0.25) is 4.79 Å². The third kappa shape index (κ3) is 2.60. The van der Waals surface area contributed by atoms with Gasteiger partial charge in [-0.1, -0.05) is 12.1 Å². The van der Waals surface area contributed by atoms with E-state index in [-0.39, 0.29) is 11.8 Å². The number of hydrogen-bond acceptors (Lipinski definition) is 3. The molecule has 20 heavy (non-hydrogen) atoms. The molecule has 2 saturated heterocycles. The number of piperidine rings is 1. The molecule has 1 aromatic rings. The van der Waals surface area contributed by atoms with Gasteiger partial charge in [-0.25, -0.2) is 0 Å². The summed E-state index contributed by atoms with van der Waals surface area (Å²) in [5, 5.41) is 0. The van der Waals surface area contributed by atoms with Crippen molar-refractivity contribution in [2.45, 2.75) is 25.7 Å². The second kappa shape index (κ2) is 5.73. The monoisotopic (exact) mass is 273 g/mol. The summed E-state index contributed by atoms with van der Waals surface area (Å²) in [6.07, 6.45) is 4.34. The van der Waals surface area contributed by atoms with E-state index >= 15 is 0 Å². The molecule has 2 fully saturated rings. The fourth-order valence-electron chi connectivity index (χ4n) is 3.36. The molecule has 0 spiro atoms. The number of primary amides is 1. The molecule has 0 bridgehead atoms. The summed E-state index contributed by atoms with van der Waals surface area (Å²) < 4.78 is 0. The summed E-state index contributed by atoms with van der Waals surface area (Å²) >= 11 is 0. The maximum atomic E-state index is 11.3. The van der Waals surface area contributed by atoms with Crippen LogP contribution in [0, 0.1) is 5.92 Å².